The van der Waals surface area contributed by atoms with Gasteiger partial charge in [-0.1, -0.05) is 32.0 Å². The molecule has 1 N–H and O–H groups in total. The SMILES string of the molecule is CC(C)C(=O)N1CCc2ccc(OCc3nc(C(=O)NCCN(C)C)cs3)cc2C1c1cccc(F)c1. The molecule has 7 nitrogen and oxygen atoms in total. The Morgan fingerprint density at radius 2 is 2.05 bits per heavy atom. The summed E-state index contributed by atoms with van der Waals surface area (Å²) in [4.78, 5) is 33.7. The molecule has 2 amide bonds. The van der Waals surface area contributed by atoms with E-state index in [1.54, 1.807) is 11.4 Å². The molecule has 1 atom stereocenters. The molecule has 0 bridgehead atoms. The second kappa shape index (κ2) is 11.8. The van der Waals surface area contributed by atoms with Crippen molar-refractivity contribution in [3.8, 4) is 5.75 Å². The van der Waals surface area contributed by atoms with Crippen LogP contribution in [-0.2, 0) is 17.8 Å². The minimum Gasteiger partial charge on any atom is -0.486 e. The highest BCUT2D eigenvalue weighted by atomic mass is 32.1. The number of benzene rings is 2. The van der Waals surface area contributed by atoms with E-state index >= 15 is 0 Å². The van der Waals surface area contributed by atoms with Crippen molar-refractivity contribution in [3.63, 3.8) is 0 Å². The molecule has 4 rings (SSSR count). The van der Waals surface area contributed by atoms with Crippen molar-refractivity contribution in [2.75, 3.05) is 33.7 Å². The molecule has 2 aromatic carbocycles. The number of thiazole rings is 1. The van der Waals surface area contributed by atoms with Crippen LogP contribution in [0, 0.1) is 11.7 Å². The van der Waals surface area contributed by atoms with Crippen molar-refractivity contribution < 1.29 is 18.7 Å². The maximum atomic E-state index is 14.2. The van der Waals surface area contributed by atoms with Gasteiger partial charge in [0.1, 0.15) is 28.9 Å². The van der Waals surface area contributed by atoms with Crippen molar-refractivity contribution >= 4 is 23.2 Å². The Hall–Kier alpha value is -3.30. The molecule has 1 unspecified atom stereocenters. The third-order valence-corrected chi connectivity index (χ3v) is 7.10. The van der Waals surface area contributed by atoms with E-state index in [-0.39, 0.29) is 30.2 Å². The van der Waals surface area contributed by atoms with Crippen LogP contribution >= 0.6 is 11.3 Å². The van der Waals surface area contributed by atoms with Gasteiger partial charge < -0.3 is 19.9 Å². The first kappa shape index (κ1) is 26.8. The highest BCUT2D eigenvalue weighted by molar-refractivity contribution is 7.09. The number of carbonyl (C=O) groups excluding carboxylic acids is 2. The number of rotatable bonds is 9. The predicted octanol–water partition coefficient (Wildman–Crippen LogP) is 4.28. The van der Waals surface area contributed by atoms with E-state index in [9.17, 15) is 14.0 Å². The molecule has 3 aromatic rings. The van der Waals surface area contributed by atoms with Crippen LogP contribution in [0.15, 0.2) is 47.8 Å². The maximum absolute atomic E-state index is 14.2. The highest BCUT2D eigenvalue weighted by Crippen LogP contribution is 2.38. The molecule has 2 heterocycles. The number of nitrogens with one attached hydrogen (secondary N) is 1. The third-order valence-electron chi connectivity index (χ3n) is 6.28. The van der Waals surface area contributed by atoms with Crippen LogP contribution in [0.4, 0.5) is 4.39 Å². The van der Waals surface area contributed by atoms with Gasteiger partial charge in [0.15, 0.2) is 0 Å². The number of amides is 2. The molecular formula is C28H33FN4O3S. The number of hydrogen-bond donors (Lipinski definition) is 1. The predicted molar refractivity (Wildman–Crippen MR) is 142 cm³/mol. The van der Waals surface area contributed by atoms with Crippen molar-refractivity contribution in [2.45, 2.75) is 32.9 Å². The molecule has 1 aromatic heterocycles. The number of carbonyl (C=O) groups is 2. The van der Waals surface area contributed by atoms with Gasteiger partial charge in [-0.05, 0) is 61.5 Å². The third kappa shape index (κ3) is 6.53. The van der Waals surface area contributed by atoms with Crippen LogP contribution in [0.2, 0.25) is 0 Å². The Bertz CT molecular complexity index is 1260. The van der Waals surface area contributed by atoms with Crippen LogP contribution < -0.4 is 10.1 Å². The lowest BCUT2D eigenvalue weighted by Gasteiger charge is -2.39. The van der Waals surface area contributed by atoms with Gasteiger partial charge in [-0.25, -0.2) is 9.37 Å². The highest BCUT2D eigenvalue weighted by Gasteiger charge is 2.33. The molecule has 1 aliphatic heterocycles. The van der Waals surface area contributed by atoms with E-state index in [2.05, 4.69) is 10.3 Å². The number of halogens is 1. The van der Waals surface area contributed by atoms with E-state index in [0.29, 0.717) is 29.5 Å². The van der Waals surface area contributed by atoms with Gasteiger partial charge in [0, 0.05) is 30.9 Å². The minimum atomic E-state index is -0.393. The Balaban J connectivity index is 1.52. The van der Waals surface area contributed by atoms with Gasteiger partial charge in [0.2, 0.25) is 5.91 Å². The van der Waals surface area contributed by atoms with Crippen LogP contribution in [0.3, 0.4) is 0 Å². The van der Waals surface area contributed by atoms with E-state index < -0.39 is 6.04 Å². The number of fused-ring (bicyclic) bond motifs is 1. The summed E-state index contributed by atoms with van der Waals surface area (Å²) >= 11 is 1.37. The normalized spacial score (nSPS) is 15.1. The van der Waals surface area contributed by atoms with Crippen LogP contribution in [0.1, 0.15) is 52.1 Å². The lowest BCUT2D eigenvalue weighted by Crippen LogP contribution is -2.42. The molecule has 0 radical (unpaired) electrons. The average Bonchev–Trinajstić information content (AvgIpc) is 3.35. The Kier molecular flexibility index (Phi) is 8.56. The van der Waals surface area contributed by atoms with Crippen molar-refractivity contribution in [1.82, 2.24) is 20.1 Å². The number of nitrogens with zero attached hydrogens (tertiary/aromatic N) is 3. The van der Waals surface area contributed by atoms with Crippen molar-refractivity contribution in [3.05, 3.63) is 81.1 Å². The first-order chi connectivity index (χ1) is 17.7. The number of aromatic nitrogens is 1. The molecule has 0 fully saturated rings. The summed E-state index contributed by atoms with van der Waals surface area (Å²) in [6, 6.07) is 11.9. The lowest BCUT2D eigenvalue weighted by molar-refractivity contribution is -0.136. The molecule has 0 spiro atoms. The summed E-state index contributed by atoms with van der Waals surface area (Å²) in [5.41, 5.74) is 3.16. The molecule has 9 heteroatoms. The number of likely N-dealkylation sites (N-methyl/N-ethyl adjacent to an activating group) is 1. The largest absolute Gasteiger partial charge is 0.486 e. The van der Waals surface area contributed by atoms with Gasteiger partial charge >= 0.3 is 0 Å². The first-order valence-corrected chi connectivity index (χ1v) is 13.3. The van der Waals surface area contributed by atoms with Crippen LogP contribution in [0.25, 0.3) is 0 Å². The summed E-state index contributed by atoms with van der Waals surface area (Å²) in [5, 5.41) is 5.28. The first-order valence-electron chi connectivity index (χ1n) is 12.4. The fourth-order valence-electron chi connectivity index (χ4n) is 4.40. The van der Waals surface area contributed by atoms with Crippen molar-refractivity contribution in [2.24, 2.45) is 5.92 Å². The smallest absolute Gasteiger partial charge is 0.270 e. The fraction of sp³-hybridized carbons (Fsp3) is 0.393. The topological polar surface area (TPSA) is 74.8 Å². The summed E-state index contributed by atoms with van der Waals surface area (Å²) < 4.78 is 20.2. The zero-order valence-electron chi connectivity index (χ0n) is 21.7. The number of hydrogen-bond acceptors (Lipinski definition) is 6. The minimum absolute atomic E-state index is 0.0328. The molecule has 0 aliphatic carbocycles. The molecule has 1 aliphatic rings. The maximum Gasteiger partial charge on any atom is 0.270 e. The molecule has 37 heavy (non-hydrogen) atoms. The standard InChI is InChI=1S/C28H33FN4O3S/c1-18(2)28(35)33-12-10-19-8-9-22(15-23(19)26(33)20-6-5-7-21(29)14-20)36-16-25-31-24(17-37-25)27(34)30-11-13-32(3)4/h5-9,14-15,17-18,26H,10-13,16H2,1-4H3,(H,30,34). The van der Waals surface area contributed by atoms with E-state index in [4.69, 9.17) is 4.74 Å². The zero-order chi connectivity index (χ0) is 26.5. The summed E-state index contributed by atoms with van der Waals surface area (Å²) in [7, 11) is 3.90. The number of ether oxygens (including phenoxy) is 1. The lowest BCUT2D eigenvalue weighted by atomic mass is 9.87. The van der Waals surface area contributed by atoms with Gasteiger partial charge in [-0.15, -0.1) is 11.3 Å². The quantitative estimate of drug-likeness (QED) is 0.452. The average molecular weight is 525 g/mol. The van der Waals surface area contributed by atoms with E-state index in [0.717, 1.165) is 29.7 Å². The summed E-state index contributed by atoms with van der Waals surface area (Å²) in [5.74, 6) is -0.0434. The van der Waals surface area contributed by atoms with E-state index in [1.165, 1.54) is 23.5 Å². The molecule has 0 saturated heterocycles. The van der Waals surface area contributed by atoms with Gasteiger partial charge in [-0.3, -0.25) is 9.59 Å². The van der Waals surface area contributed by atoms with Gasteiger partial charge in [0.05, 0.1) is 6.04 Å². The fourth-order valence-corrected chi connectivity index (χ4v) is 5.08. The zero-order valence-corrected chi connectivity index (χ0v) is 22.5. The van der Waals surface area contributed by atoms with Crippen LogP contribution in [-0.4, -0.2) is 60.3 Å². The summed E-state index contributed by atoms with van der Waals surface area (Å²) in [6.45, 7) is 5.85. The van der Waals surface area contributed by atoms with Crippen molar-refractivity contribution in [1.29, 1.82) is 0 Å². The molecular weight excluding hydrogens is 491 g/mol. The Morgan fingerprint density at radius 3 is 2.78 bits per heavy atom. The Labute approximate surface area is 221 Å². The Morgan fingerprint density at radius 1 is 1.24 bits per heavy atom. The van der Waals surface area contributed by atoms with Crippen LogP contribution in [0.5, 0.6) is 5.75 Å². The second-order valence-electron chi connectivity index (χ2n) is 9.73. The van der Waals surface area contributed by atoms with E-state index in [1.807, 2.05) is 62.0 Å². The monoisotopic (exact) mass is 524 g/mol. The summed E-state index contributed by atoms with van der Waals surface area (Å²) in [6.07, 6.45) is 0.721. The second-order valence-corrected chi connectivity index (χ2v) is 10.7. The van der Waals surface area contributed by atoms with Gasteiger partial charge in [-0.2, -0.15) is 0 Å². The molecule has 196 valence electrons. The molecule has 0 saturated carbocycles. The van der Waals surface area contributed by atoms with Gasteiger partial charge in [0.25, 0.3) is 5.91 Å².